The van der Waals surface area contributed by atoms with Crippen molar-refractivity contribution >= 4 is 38.4 Å². The third-order valence-corrected chi connectivity index (χ3v) is 8.32. The summed E-state index contributed by atoms with van der Waals surface area (Å²) in [5, 5.41) is 0.455. The van der Waals surface area contributed by atoms with Crippen molar-refractivity contribution in [2.45, 2.75) is 23.1 Å². The number of thioether (sulfide) groups is 1. The Morgan fingerprint density at radius 3 is 2.70 bits per heavy atom. The molecule has 7 nitrogen and oxygen atoms in total. The lowest BCUT2D eigenvalue weighted by Gasteiger charge is -2.19. The maximum atomic E-state index is 13.1. The molecule has 1 atom stereocenters. The van der Waals surface area contributed by atoms with Gasteiger partial charge in [-0.3, -0.25) is 9.59 Å². The number of sulfone groups is 1. The molecule has 9 heteroatoms. The number of carbonyl (C=O) groups excluding carboxylic acids is 1. The molecule has 1 N–H and O–H groups in total. The molecule has 4 rings (SSSR count). The van der Waals surface area contributed by atoms with E-state index in [2.05, 4.69) is 9.97 Å². The zero-order valence-electron chi connectivity index (χ0n) is 16.4. The van der Waals surface area contributed by atoms with E-state index in [9.17, 15) is 18.0 Å². The lowest BCUT2D eigenvalue weighted by atomic mass is 10.2. The molecular weight excluding hydrogens is 422 g/mol. The van der Waals surface area contributed by atoms with Crippen molar-refractivity contribution in [3.63, 3.8) is 0 Å². The van der Waals surface area contributed by atoms with Gasteiger partial charge in [-0.25, -0.2) is 13.4 Å². The van der Waals surface area contributed by atoms with Crippen molar-refractivity contribution < 1.29 is 13.2 Å². The highest BCUT2D eigenvalue weighted by Gasteiger charge is 2.29. The first kappa shape index (κ1) is 20.6. The van der Waals surface area contributed by atoms with Gasteiger partial charge in [0.1, 0.15) is 5.82 Å². The molecule has 30 heavy (non-hydrogen) atoms. The maximum absolute atomic E-state index is 13.1. The quantitative estimate of drug-likeness (QED) is 0.650. The molecule has 1 aliphatic heterocycles. The summed E-state index contributed by atoms with van der Waals surface area (Å²) >= 11 is 1.44. The molecule has 1 fully saturated rings. The highest BCUT2D eigenvalue weighted by Crippen LogP contribution is 2.33. The molecule has 1 unspecified atom stereocenters. The molecule has 156 valence electrons. The molecule has 2 aromatic carbocycles. The maximum Gasteiger partial charge on any atom is 0.258 e. The summed E-state index contributed by atoms with van der Waals surface area (Å²) in [5.74, 6) is 0.524. The van der Waals surface area contributed by atoms with Crippen LogP contribution < -0.4 is 5.56 Å². The number of rotatable bonds is 5. The predicted octanol–water partition coefficient (Wildman–Crippen LogP) is 2.47. The Kier molecular flexibility index (Phi) is 5.66. The number of para-hydroxylation sites is 1. The SMILES string of the molecule is CN(Cc1nc2ccccc2c(=O)[nH]1)C(=O)c1ccccc1SC1CCS(=O)(=O)C1. The Labute approximate surface area is 178 Å². The number of H-pyrrole nitrogens is 1. The number of carbonyl (C=O) groups is 1. The highest BCUT2D eigenvalue weighted by molar-refractivity contribution is 8.02. The van der Waals surface area contributed by atoms with E-state index in [4.69, 9.17) is 0 Å². The Bertz CT molecular complexity index is 1270. The first-order valence-corrected chi connectivity index (χ1v) is 12.2. The fraction of sp³-hybridized carbons (Fsp3) is 0.286. The molecule has 1 aliphatic rings. The van der Waals surface area contributed by atoms with Gasteiger partial charge in [0.15, 0.2) is 9.84 Å². The third-order valence-electron chi connectivity index (χ3n) is 5.00. The Morgan fingerprint density at radius 2 is 1.93 bits per heavy atom. The van der Waals surface area contributed by atoms with Crippen LogP contribution >= 0.6 is 11.8 Å². The summed E-state index contributed by atoms with van der Waals surface area (Å²) in [4.78, 5) is 34.8. The molecule has 0 radical (unpaired) electrons. The summed E-state index contributed by atoms with van der Waals surface area (Å²) in [7, 11) is -1.33. The third kappa shape index (κ3) is 4.41. The summed E-state index contributed by atoms with van der Waals surface area (Å²) in [6.45, 7) is 0.149. The first-order valence-electron chi connectivity index (χ1n) is 9.52. The van der Waals surface area contributed by atoms with Crippen LogP contribution in [0.5, 0.6) is 0 Å². The van der Waals surface area contributed by atoms with E-state index < -0.39 is 9.84 Å². The van der Waals surface area contributed by atoms with Crippen molar-refractivity contribution in [3.8, 4) is 0 Å². The minimum Gasteiger partial charge on any atom is -0.334 e. The average molecular weight is 444 g/mol. The van der Waals surface area contributed by atoms with Crippen molar-refractivity contribution in [2.75, 3.05) is 18.6 Å². The van der Waals surface area contributed by atoms with Gasteiger partial charge < -0.3 is 9.88 Å². The summed E-state index contributed by atoms with van der Waals surface area (Å²) in [6, 6.07) is 14.3. The fourth-order valence-electron chi connectivity index (χ4n) is 3.49. The van der Waals surface area contributed by atoms with E-state index in [0.29, 0.717) is 28.7 Å². The molecule has 2 heterocycles. The molecule has 3 aromatic rings. The zero-order chi connectivity index (χ0) is 21.3. The number of nitrogens with zero attached hydrogens (tertiary/aromatic N) is 2. The van der Waals surface area contributed by atoms with Crippen molar-refractivity contribution in [1.29, 1.82) is 0 Å². The lowest BCUT2D eigenvalue weighted by Crippen LogP contribution is -2.29. The van der Waals surface area contributed by atoms with Crippen molar-refractivity contribution in [3.05, 3.63) is 70.3 Å². The van der Waals surface area contributed by atoms with Gasteiger partial charge in [-0.2, -0.15) is 0 Å². The second kappa shape index (κ2) is 8.23. The second-order valence-corrected chi connectivity index (χ2v) is 10.9. The average Bonchev–Trinajstić information content (AvgIpc) is 3.06. The number of hydrogen-bond acceptors (Lipinski definition) is 6. The Balaban J connectivity index is 1.54. The lowest BCUT2D eigenvalue weighted by molar-refractivity contribution is 0.0778. The van der Waals surface area contributed by atoms with Gasteiger partial charge in [0.25, 0.3) is 11.5 Å². The van der Waals surface area contributed by atoms with E-state index >= 15 is 0 Å². The zero-order valence-corrected chi connectivity index (χ0v) is 18.0. The monoisotopic (exact) mass is 443 g/mol. The van der Waals surface area contributed by atoms with Crippen LogP contribution in [0.25, 0.3) is 10.9 Å². The van der Waals surface area contributed by atoms with Gasteiger partial charge in [0.2, 0.25) is 0 Å². The molecule has 0 aliphatic carbocycles. The number of nitrogens with one attached hydrogen (secondary N) is 1. The van der Waals surface area contributed by atoms with E-state index in [1.807, 2.05) is 18.2 Å². The van der Waals surface area contributed by atoms with Crippen LogP contribution in [-0.2, 0) is 16.4 Å². The molecule has 0 saturated carbocycles. The number of aromatic amines is 1. The van der Waals surface area contributed by atoms with E-state index in [1.54, 1.807) is 37.4 Å². The Morgan fingerprint density at radius 1 is 1.20 bits per heavy atom. The minimum atomic E-state index is -2.99. The number of amides is 1. The minimum absolute atomic E-state index is 0.0484. The van der Waals surface area contributed by atoms with Crippen LogP contribution in [0.2, 0.25) is 0 Å². The number of hydrogen-bond donors (Lipinski definition) is 1. The Hall–Kier alpha value is -2.65. The summed E-state index contributed by atoms with van der Waals surface area (Å²) in [5.41, 5.74) is 0.850. The van der Waals surface area contributed by atoms with Crippen LogP contribution in [0, 0.1) is 0 Å². The largest absolute Gasteiger partial charge is 0.334 e. The van der Waals surface area contributed by atoms with Gasteiger partial charge in [-0.05, 0) is 30.7 Å². The molecular formula is C21H21N3O4S2. The van der Waals surface area contributed by atoms with Gasteiger partial charge in [-0.1, -0.05) is 24.3 Å². The fourth-order valence-corrected chi connectivity index (χ4v) is 7.11. The molecule has 1 amide bonds. The second-order valence-electron chi connectivity index (χ2n) is 7.33. The molecule has 1 aromatic heterocycles. The predicted molar refractivity (Wildman–Crippen MR) is 118 cm³/mol. The van der Waals surface area contributed by atoms with Gasteiger partial charge in [-0.15, -0.1) is 11.8 Å². The normalized spacial score (nSPS) is 17.8. The van der Waals surface area contributed by atoms with Gasteiger partial charge in [0.05, 0.1) is 34.5 Å². The first-order chi connectivity index (χ1) is 14.3. The van der Waals surface area contributed by atoms with Crippen molar-refractivity contribution in [2.24, 2.45) is 0 Å². The topological polar surface area (TPSA) is 100 Å². The number of benzene rings is 2. The van der Waals surface area contributed by atoms with Crippen molar-refractivity contribution in [1.82, 2.24) is 14.9 Å². The standard InChI is InChI=1S/C21H21N3O4S2/c1-24(12-19-22-17-8-4-2-6-15(17)20(25)23-19)21(26)16-7-3-5-9-18(16)29-14-10-11-30(27,28)13-14/h2-9,14H,10-13H2,1H3,(H,22,23,25). The molecule has 1 saturated heterocycles. The van der Waals surface area contributed by atoms with Crippen LogP contribution in [0.3, 0.4) is 0 Å². The van der Waals surface area contributed by atoms with Crippen LogP contribution in [0.1, 0.15) is 22.6 Å². The highest BCUT2D eigenvalue weighted by atomic mass is 32.2. The summed E-state index contributed by atoms with van der Waals surface area (Å²) < 4.78 is 23.5. The number of aromatic nitrogens is 2. The van der Waals surface area contributed by atoms with E-state index in [1.165, 1.54) is 16.7 Å². The van der Waals surface area contributed by atoms with Crippen LogP contribution in [0.4, 0.5) is 0 Å². The van der Waals surface area contributed by atoms with E-state index in [-0.39, 0.29) is 34.8 Å². The van der Waals surface area contributed by atoms with Crippen LogP contribution in [-0.4, -0.2) is 53.0 Å². The smallest absolute Gasteiger partial charge is 0.258 e. The van der Waals surface area contributed by atoms with Gasteiger partial charge >= 0.3 is 0 Å². The molecule has 0 bridgehead atoms. The van der Waals surface area contributed by atoms with Gasteiger partial charge in [0, 0.05) is 17.2 Å². The van der Waals surface area contributed by atoms with Crippen LogP contribution in [0.15, 0.2) is 58.2 Å². The molecule has 0 spiro atoms. The van der Waals surface area contributed by atoms with E-state index in [0.717, 1.165) is 4.90 Å². The summed E-state index contributed by atoms with van der Waals surface area (Å²) in [6.07, 6.45) is 0.591. The number of fused-ring (bicyclic) bond motifs is 1.